The summed E-state index contributed by atoms with van der Waals surface area (Å²) < 4.78 is 46.4. The molecule has 15 heavy (non-hydrogen) atoms. The molecule has 0 saturated heterocycles. The van der Waals surface area contributed by atoms with Crippen molar-refractivity contribution in [2.75, 3.05) is 0 Å². The second-order valence-electron chi connectivity index (χ2n) is 2.77. The molecule has 0 aliphatic carbocycles. The van der Waals surface area contributed by atoms with E-state index in [1.807, 2.05) is 0 Å². The molecule has 84 valence electrons. The minimum Gasteiger partial charge on any atom is -0.363 e. The Kier molecular flexibility index (Phi) is 3.15. The lowest BCUT2D eigenvalue weighted by molar-refractivity contribution is 0.149. The molecular formula is C7H6ClF2NO3S. The zero-order valence-corrected chi connectivity index (χ0v) is 8.99. The zero-order valence-electron chi connectivity index (χ0n) is 7.42. The van der Waals surface area contributed by atoms with E-state index in [4.69, 9.17) is 10.7 Å². The highest BCUT2D eigenvalue weighted by Crippen LogP contribution is 2.19. The molecule has 0 aliphatic heterocycles. The molecule has 1 N–H and O–H groups in total. The molecule has 4 nitrogen and oxygen atoms in total. The molecule has 0 saturated carbocycles. The van der Waals surface area contributed by atoms with Crippen LogP contribution in [-0.4, -0.2) is 13.4 Å². The number of alkyl halides is 2. The molecule has 1 aromatic rings. The summed E-state index contributed by atoms with van der Waals surface area (Å²) in [5.41, 5.74) is -2.25. The lowest BCUT2D eigenvalue weighted by Crippen LogP contribution is -2.19. The van der Waals surface area contributed by atoms with Gasteiger partial charge in [-0.2, -0.15) is 0 Å². The smallest absolute Gasteiger partial charge is 0.269 e. The maximum Gasteiger partial charge on any atom is 0.269 e. The number of aromatic amines is 1. The van der Waals surface area contributed by atoms with Crippen molar-refractivity contribution in [2.45, 2.75) is 18.2 Å². The average molecular weight is 258 g/mol. The molecule has 1 rings (SSSR count). The van der Waals surface area contributed by atoms with E-state index in [0.717, 1.165) is 6.20 Å². The van der Waals surface area contributed by atoms with Gasteiger partial charge in [0.05, 0.1) is 5.56 Å². The molecule has 0 spiro atoms. The van der Waals surface area contributed by atoms with Crippen LogP contribution < -0.4 is 5.43 Å². The number of nitrogens with one attached hydrogen (secondary N) is 1. The lowest BCUT2D eigenvalue weighted by Gasteiger charge is -2.04. The van der Waals surface area contributed by atoms with Gasteiger partial charge in [-0.05, 0) is 6.92 Å². The molecule has 0 unspecified atom stereocenters. The van der Waals surface area contributed by atoms with Crippen LogP contribution in [0.15, 0.2) is 15.9 Å². The number of halogens is 3. The quantitative estimate of drug-likeness (QED) is 0.818. The highest BCUT2D eigenvalue weighted by atomic mass is 35.7. The summed E-state index contributed by atoms with van der Waals surface area (Å²) in [6, 6.07) is 0. The largest absolute Gasteiger partial charge is 0.363 e. The van der Waals surface area contributed by atoms with Gasteiger partial charge in [0.1, 0.15) is 4.90 Å². The Labute approximate surface area is 88.3 Å². The van der Waals surface area contributed by atoms with Gasteiger partial charge in [0.2, 0.25) is 5.43 Å². The molecular weight excluding hydrogens is 252 g/mol. The maximum absolute atomic E-state index is 12.3. The summed E-state index contributed by atoms with van der Waals surface area (Å²) in [5, 5.41) is 0. The van der Waals surface area contributed by atoms with Gasteiger partial charge in [0.25, 0.3) is 15.5 Å². The molecule has 0 amide bonds. The van der Waals surface area contributed by atoms with Crippen LogP contribution in [0.4, 0.5) is 8.78 Å². The van der Waals surface area contributed by atoms with Crippen LogP contribution in [0, 0.1) is 6.92 Å². The van der Waals surface area contributed by atoms with Crippen molar-refractivity contribution in [2.24, 2.45) is 0 Å². The second kappa shape index (κ2) is 3.90. The first-order valence-corrected chi connectivity index (χ1v) is 6.01. The molecule has 8 heteroatoms. The standard InChI is InChI=1S/C7H6ClF2NO3S/c1-3-6(15(8,13)14)5(12)4(2-11-3)7(9)10/h2,7H,1H3,(H,11,12). The molecule has 0 atom stereocenters. The van der Waals surface area contributed by atoms with Crippen LogP contribution in [0.1, 0.15) is 17.7 Å². The van der Waals surface area contributed by atoms with E-state index in [-0.39, 0.29) is 5.69 Å². The summed E-state index contributed by atoms with van der Waals surface area (Å²) in [4.78, 5) is 12.7. The van der Waals surface area contributed by atoms with Gasteiger partial charge < -0.3 is 4.98 Å². The Hall–Kier alpha value is -0.950. The van der Waals surface area contributed by atoms with E-state index in [1.54, 1.807) is 0 Å². The average Bonchev–Trinajstić information content (AvgIpc) is 2.00. The van der Waals surface area contributed by atoms with Crippen LogP contribution in [0.2, 0.25) is 0 Å². The molecule has 0 aromatic carbocycles. The van der Waals surface area contributed by atoms with E-state index in [1.165, 1.54) is 6.92 Å². The normalized spacial score (nSPS) is 12.1. The first-order valence-electron chi connectivity index (χ1n) is 3.70. The first-order chi connectivity index (χ1) is 6.75. The third-order valence-corrected chi connectivity index (χ3v) is 3.17. The summed E-state index contributed by atoms with van der Waals surface area (Å²) >= 11 is 0. The highest BCUT2D eigenvalue weighted by Gasteiger charge is 2.23. The fraction of sp³-hybridized carbons (Fsp3) is 0.286. The number of aryl methyl sites for hydroxylation is 1. The van der Waals surface area contributed by atoms with E-state index in [2.05, 4.69) is 4.98 Å². The monoisotopic (exact) mass is 257 g/mol. The molecule has 1 heterocycles. The highest BCUT2D eigenvalue weighted by molar-refractivity contribution is 8.13. The lowest BCUT2D eigenvalue weighted by atomic mass is 10.2. The fourth-order valence-electron chi connectivity index (χ4n) is 1.07. The van der Waals surface area contributed by atoms with Crippen LogP contribution in [0.25, 0.3) is 0 Å². The van der Waals surface area contributed by atoms with E-state index in [0.29, 0.717) is 0 Å². The minimum absolute atomic E-state index is 0.0700. The van der Waals surface area contributed by atoms with Gasteiger partial charge in [-0.3, -0.25) is 4.79 Å². The first kappa shape index (κ1) is 12.1. The van der Waals surface area contributed by atoms with E-state index >= 15 is 0 Å². The van der Waals surface area contributed by atoms with Crippen molar-refractivity contribution in [3.63, 3.8) is 0 Å². The third-order valence-electron chi connectivity index (χ3n) is 1.73. The number of hydrogen-bond acceptors (Lipinski definition) is 3. The zero-order chi connectivity index (χ0) is 11.8. The minimum atomic E-state index is -4.33. The number of aromatic nitrogens is 1. The molecule has 0 bridgehead atoms. The predicted octanol–water partition coefficient (Wildman–Crippen LogP) is 1.55. The van der Waals surface area contributed by atoms with Crippen LogP contribution >= 0.6 is 10.7 Å². The Balaban J connectivity index is 3.67. The Morgan fingerprint density at radius 3 is 2.40 bits per heavy atom. The summed E-state index contributed by atoms with van der Waals surface area (Å²) in [6.45, 7) is 1.26. The van der Waals surface area contributed by atoms with Gasteiger partial charge in [-0.15, -0.1) is 0 Å². The van der Waals surface area contributed by atoms with Crippen LogP contribution in [0.5, 0.6) is 0 Å². The van der Waals surface area contributed by atoms with Crippen LogP contribution in [0.3, 0.4) is 0 Å². The summed E-state index contributed by atoms with van der Waals surface area (Å²) in [5.74, 6) is 0. The summed E-state index contributed by atoms with van der Waals surface area (Å²) in [7, 11) is 0.628. The van der Waals surface area contributed by atoms with E-state index in [9.17, 15) is 22.0 Å². The van der Waals surface area contributed by atoms with Crippen molar-refractivity contribution < 1.29 is 17.2 Å². The molecule has 0 aliphatic rings. The Morgan fingerprint density at radius 2 is 2.00 bits per heavy atom. The molecule has 0 fully saturated rings. The SMILES string of the molecule is Cc1[nH]cc(C(F)F)c(=O)c1S(=O)(=O)Cl. The van der Waals surface area contributed by atoms with Gasteiger partial charge in [0.15, 0.2) is 0 Å². The number of pyridine rings is 1. The maximum atomic E-state index is 12.3. The van der Waals surface area contributed by atoms with Gasteiger partial charge in [-0.1, -0.05) is 0 Å². The topological polar surface area (TPSA) is 67.0 Å². The predicted molar refractivity (Wildman–Crippen MR) is 49.8 cm³/mol. The Morgan fingerprint density at radius 1 is 1.47 bits per heavy atom. The number of rotatable bonds is 2. The number of hydrogen-bond donors (Lipinski definition) is 1. The molecule has 0 radical (unpaired) electrons. The van der Waals surface area contributed by atoms with Crippen molar-refractivity contribution in [3.8, 4) is 0 Å². The van der Waals surface area contributed by atoms with Crippen molar-refractivity contribution in [3.05, 3.63) is 27.7 Å². The summed E-state index contributed by atoms with van der Waals surface area (Å²) in [6.07, 6.45) is -2.28. The van der Waals surface area contributed by atoms with E-state index < -0.39 is 31.4 Å². The van der Waals surface area contributed by atoms with Crippen LogP contribution in [-0.2, 0) is 9.05 Å². The van der Waals surface area contributed by atoms with Crippen molar-refractivity contribution >= 4 is 19.7 Å². The third kappa shape index (κ3) is 2.35. The van der Waals surface area contributed by atoms with Crippen molar-refractivity contribution in [1.82, 2.24) is 4.98 Å². The van der Waals surface area contributed by atoms with Gasteiger partial charge >= 0.3 is 0 Å². The van der Waals surface area contributed by atoms with Crippen molar-refractivity contribution in [1.29, 1.82) is 0 Å². The number of H-pyrrole nitrogens is 1. The van der Waals surface area contributed by atoms with Gasteiger partial charge in [0, 0.05) is 22.6 Å². The Bertz CT molecular complexity index is 538. The molecule has 1 aromatic heterocycles. The fourth-order valence-corrected chi connectivity index (χ4v) is 2.40. The van der Waals surface area contributed by atoms with Gasteiger partial charge in [-0.25, -0.2) is 17.2 Å². The second-order valence-corrected chi connectivity index (χ2v) is 5.27.